The number of hydrogen-bond donors (Lipinski definition) is 3. The van der Waals surface area contributed by atoms with Crippen LogP contribution in [0.4, 0.5) is 0 Å². The topological polar surface area (TPSA) is 60.9 Å². The summed E-state index contributed by atoms with van der Waals surface area (Å²) in [6.45, 7) is 0.934. The van der Waals surface area contributed by atoms with Crippen molar-refractivity contribution in [2.45, 2.75) is 19.0 Å². The van der Waals surface area contributed by atoms with Gasteiger partial charge >= 0.3 is 0 Å². The number of aliphatic hydroxyl groups excluding tert-OH is 1. The average molecular weight is 232 g/mol. The Balaban J connectivity index is 2.22. The molecule has 0 aliphatic carbocycles. The van der Waals surface area contributed by atoms with Gasteiger partial charge in [0.25, 0.3) is 0 Å². The summed E-state index contributed by atoms with van der Waals surface area (Å²) in [4.78, 5) is 7.36. The van der Waals surface area contributed by atoms with E-state index in [1.807, 2.05) is 0 Å². The van der Waals surface area contributed by atoms with Crippen molar-refractivity contribution in [3.8, 4) is 0 Å². The number of nitrogens with zero attached hydrogens (tertiary/aromatic N) is 1. The number of rotatable bonds is 1. The summed E-state index contributed by atoms with van der Waals surface area (Å²) in [6, 6.07) is 0.160. The molecule has 12 heavy (non-hydrogen) atoms. The molecule has 0 radical (unpaired) electrons. The van der Waals surface area contributed by atoms with E-state index in [1.54, 1.807) is 0 Å². The molecule has 1 aromatic rings. The maximum absolute atomic E-state index is 8.91. The highest BCUT2D eigenvalue weighted by Crippen LogP contribution is 2.16. The van der Waals surface area contributed by atoms with Crippen LogP contribution in [0.1, 0.15) is 11.4 Å². The molecule has 0 fully saturated rings. The molecule has 4 nitrogen and oxygen atoms in total. The van der Waals surface area contributed by atoms with Gasteiger partial charge in [-0.15, -0.1) is 0 Å². The maximum Gasteiger partial charge on any atom is 0.174 e. The molecule has 0 bridgehead atoms. The summed E-state index contributed by atoms with van der Waals surface area (Å²) in [5.41, 5.74) is 2.17. The van der Waals surface area contributed by atoms with Gasteiger partial charge in [0.15, 0.2) is 4.73 Å². The fraction of sp³-hybridized carbons (Fsp3) is 0.571. The molecule has 0 saturated carbocycles. The Labute approximate surface area is 78.5 Å². The molecule has 1 unspecified atom stereocenters. The first kappa shape index (κ1) is 8.22. The molecule has 0 saturated heterocycles. The number of hydrogen-bond acceptors (Lipinski definition) is 3. The Kier molecular flexibility index (Phi) is 2.16. The molecule has 1 atom stereocenters. The summed E-state index contributed by atoms with van der Waals surface area (Å²) < 4.78 is 0.771. The van der Waals surface area contributed by atoms with Gasteiger partial charge < -0.3 is 15.4 Å². The highest BCUT2D eigenvalue weighted by Gasteiger charge is 2.19. The minimum atomic E-state index is 0.160. The molecular formula is C7H10BrN3O. The molecule has 1 aromatic heterocycles. The number of H-pyrrole nitrogens is 1. The Bertz CT molecular complexity index is 286. The van der Waals surface area contributed by atoms with Gasteiger partial charge in [0.1, 0.15) is 0 Å². The monoisotopic (exact) mass is 231 g/mol. The fourth-order valence-corrected chi connectivity index (χ4v) is 1.86. The van der Waals surface area contributed by atoms with Crippen LogP contribution in [-0.2, 0) is 13.0 Å². The van der Waals surface area contributed by atoms with Gasteiger partial charge in [0.2, 0.25) is 0 Å². The van der Waals surface area contributed by atoms with Crippen molar-refractivity contribution >= 4 is 15.9 Å². The van der Waals surface area contributed by atoms with Crippen LogP contribution in [0.15, 0.2) is 4.73 Å². The molecule has 0 amide bonds. The smallest absolute Gasteiger partial charge is 0.174 e. The largest absolute Gasteiger partial charge is 0.395 e. The van der Waals surface area contributed by atoms with Crippen molar-refractivity contribution in [2.24, 2.45) is 0 Å². The van der Waals surface area contributed by atoms with Crippen molar-refractivity contribution in [2.75, 3.05) is 6.61 Å². The number of fused-ring (bicyclic) bond motifs is 1. The number of halogens is 1. The summed E-state index contributed by atoms with van der Waals surface area (Å²) in [7, 11) is 0. The van der Waals surface area contributed by atoms with Gasteiger partial charge in [-0.2, -0.15) is 0 Å². The second-order valence-electron chi connectivity index (χ2n) is 2.92. The summed E-state index contributed by atoms with van der Waals surface area (Å²) in [5, 5.41) is 12.1. The molecule has 3 N–H and O–H groups in total. The van der Waals surface area contributed by atoms with E-state index in [0.29, 0.717) is 0 Å². The first-order chi connectivity index (χ1) is 5.79. The van der Waals surface area contributed by atoms with Gasteiger partial charge in [-0.05, 0) is 15.9 Å². The van der Waals surface area contributed by atoms with Crippen LogP contribution in [0, 0.1) is 0 Å². The SMILES string of the molecule is OCC1Cc2nc(Br)[nH]c2CN1. The Morgan fingerprint density at radius 1 is 1.67 bits per heavy atom. The molecule has 0 aromatic carbocycles. The predicted octanol–water partition coefficient (Wildman–Crippen LogP) is 0.179. The van der Waals surface area contributed by atoms with Gasteiger partial charge in [0.05, 0.1) is 18.0 Å². The molecule has 2 rings (SSSR count). The average Bonchev–Trinajstić information content (AvgIpc) is 2.43. The Morgan fingerprint density at radius 3 is 3.25 bits per heavy atom. The molecule has 1 aliphatic heterocycles. The summed E-state index contributed by atoms with van der Waals surface area (Å²) >= 11 is 3.28. The highest BCUT2D eigenvalue weighted by molar-refractivity contribution is 9.10. The molecule has 66 valence electrons. The fourth-order valence-electron chi connectivity index (χ4n) is 1.41. The molecular weight excluding hydrogens is 222 g/mol. The van der Waals surface area contributed by atoms with Crippen molar-refractivity contribution < 1.29 is 5.11 Å². The molecule has 1 aliphatic rings. The van der Waals surface area contributed by atoms with Crippen LogP contribution in [-0.4, -0.2) is 27.7 Å². The standard InChI is InChI=1S/C7H10BrN3O/c8-7-10-5-1-4(3-12)9-2-6(5)11-7/h4,9,12H,1-3H2,(H,10,11). The zero-order chi connectivity index (χ0) is 8.55. The van der Waals surface area contributed by atoms with Crippen LogP contribution in [0.25, 0.3) is 0 Å². The first-order valence-corrected chi connectivity index (χ1v) is 4.66. The first-order valence-electron chi connectivity index (χ1n) is 3.87. The van der Waals surface area contributed by atoms with E-state index in [4.69, 9.17) is 5.11 Å². The lowest BCUT2D eigenvalue weighted by molar-refractivity contribution is 0.234. The van der Waals surface area contributed by atoms with E-state index in [9.17, 15) is 0 Å². The van der Waals surface area contributed by atoms with Gasteiger partial charge in [-0.1, -0.05) is 0 Å². The minimum Gasteiger partial charge on any atom is -0.395 e. The van der Waals surface area contributed by atoms with Crippen LogP contribution < -0.4 is 5.32 Å². The van der Waals surface area contributed by atoms with Gasteiger partial charge in [-0.25, -0.2) is 4.98 Å². The third-order valence-electron chi connectivity index (χ3n) is 2.06. The predicted molar refractivity (Wildman–Crippen MR) is 47.7 cm³/mol. The number of aromatic amines is 1. The number of imidazole rings is 1. The molecule has 2 heterocycles. The lowest BCUT2D eigenvalue weighted by Crippen LogP contribution is -2.38. The highest BCUT2D eigenvalue weighted by atomic mass is 79.9. The lowest BCUT2D eigenvalue weighted by Gasteiger charge is -2.20. The van der Waals surface area contributed by atoms with Crippen molar-refractivity contribution in [3.05, 3.63) is 16.1 Å². The van der Waals surface area contributed by atoms with E-state index in [2.05, 4.69) is 31.2 Å². The summed E-state index contributed by atoms with van der Waals surface area (Å²) in [5.74, 6) is 0. The molecule has 0 spiro atoms. The third kappa shape index (κ3) is 1.39. The van der Waals surface area contributed by atoms with Crippen LogP contribution >= 0.6 is 15.9 Å². The third-order valence-corrected chi connectivity index (χ3v) is 2.44. The molecule has 5 heteroatoms. The summed E-state index contributed by atoms with van der Waals surface area (Å²) in [6.07, 6.45) is 0.800. The zero-order valence-corrected chi connectivity index (χ0v) is 8.06. The normalized spacial score (nSPS) is 22.3. The maximum atomic E-state index is 8.91. The Hall–Kier alpha value is -0.390. The van der Waals surface area contributed by atoms with E-state index < -0.39 is 0 Å². The van der Waals surface area contributed by atoms with Gasteiger partial charge in [-0.3, -0.25) is 0 Å². The van der Waals surface area contributed by atoms with Crippen LogP contribution in [0.5, 0.6) is 0 Å². The number of nitrogens with one attached hydrogen (secondary N) is 2. The lowest BCUT2D eigenvalue weighted by atomic mass is 10.1. The van der Waals surface area contributed by atoms with Gasteiger partial charge in [0, 0.05) is 19.0 Å². The number of aliphatic hydroxyl groups is 1. The van der Waals surface area contributed by atoms with Crippen LogP contribution in [0.3, 0.4) is 0 Å². The minimum absolute atomic E-state index is 0.160. The van der Waals surface area contributed by atoms with Crippen LogP contribution in [0.2, 0.25) is 0 Å². The number of aromatic nitrogens is 2. The second kappa shape index (κ2) is 3.16. The van der Waals surface area contributed by atoms with Crippen molar-refractivity contribution in [1.82, 2.24) is 15.3 Å². The van der Waals surface area contributed by atoms with E-state index in [1.165, 1.54) is 0 Å². The zero-order valence-electron chi connectivity index (χ0n) is 6.47. The Morgan fingerprint density at radius 2 is 2.50 bits per heavy atom. The quantitative estimate of drug-likeness (QED) is 0.647. The van der Waals surface area contributed by atoms with Crippen molar-refractivity contribution in [1.29, 1.82) is 0 Å². The van der Waals surface area contributed by atoms with E-state index in [0.717, 1.165) is 29.1 Å². The second-order valence-corrected chi connectivity index (χ2v) is 3.67. The van der Waals surface area contributed by atoms with E-state index in [-0.39, 0.29) is 12.6 Å². The van der Waals surface area contributed by atoms with Crippen molar-refractivity contribution in [3.63, 3.8) is 0 Å². The van der Waals surface area contributed by atoms with E-state index >= 15 is 0 Å².